The first-order valence-electron chi connectivity index (χ1n) is 5.18. The molecule has 1 N–H and O–H groups in total. The SMILES string of the molecule is C=C(C)C(=O)OC(C)C1CCNCC1. The van der Waals surface area contributed by atoms with Crippen molar-refractivity contribution in [3.05, 3.63) is 12.2 Å². The highest BCUT2D eigenvalue weighted by molar-refractivity contribution is 5.87. The molecule has 80 valence electrons. The number of rotatable bonds is 3. The molecule has 1 aliphatic rings. The lowest BCUT2D eigenvalue weighted by Crippen LogP contribution is -2.35. The van der Waals surface area contributed by atoms with Gasteiger partial charge in [-0.1, -0.05) is 6.58 Å². The van der Waals surface area contributed by atoms with Crippen molar-refractivity contribution in [3.8, 4) is 0 Å². The van der Waals surface area contributed by atoms with Crippen LogP contribution in [0.4, 0.5) is 0 Å². The average Bonchev–Trinajstić information content (AvgIpc) is 2.19. The van der Waals surface area contributed by atoms with E-state index in [2.05, 4.69) is 11.9 Å². The van der Waals surface area contributed by atoms with Gasteiger partial charge >= 0.3 is 5.97 Å². The number of hydrogen-bond acceptors (Lipinski definition) is 3. The molecule has 0 bridgehead atoms. The molecular weight excluding hydrogens is 178 g/mol. The van der Waals surface area contributed by atoms with E-state index in [9.17, 15) is 4.79 Å². The Morgan fingerprint density at radius 1 is 1.50 bits per heavy atom. The molecule has 0 aromatic carbocycles. The molecule has 1 saturated heterocycles. The molecule has 1 atom stereocenters. The van der Waals surface area contributed by atoms with E-state index in [1.54, 1.807) is 6.92 Å². The van der Waals surface area contributed by atoms with Crippen molar-refractivity contribution in [1.29, 1.82) is 0 Å². The van der Waals surface area contributed by atoms with Gasteiger partial charge in [0.1, 0.15) is 6.10 Å². The summed E-state index contributed by atoms with van der Waals surface area (Å²) in [5.41, 5.74) is 0.478. The zero-order chi connectivity index (χ0) is 10.6. The lowest BCUT2D eigenvalue weighted by atomic mass is 9.93. The standard InChI is InChI=1S/C11H19NO2/c1-8(2)11(13)14-9(3)10-4-6-12-7-5-10/h9-10,12H,1,4-7H2,2-3H3. The molecule has 0 saturated carbocycles. The Morgan fingerprint density at radius 2 is 2.07 bits per heavy atom. The maximum atomic E-state index is 11.3. The minimum Gasteiger partial charge on any atom is -0.459 e. The molecule has 14 heavy (non-hydrogen) atoms. The van der Waals surface area contributed by atoms with Gasteiger partial charge in [0, 0.05) is 5.57 Å². The van der Waals surface area contributed by atoms with Gasteiger partial charge in [0.2, 0.25) is 0 Å². The van der Waals surface area contributed by atoms with E-state index in [0.29, 0.717) is 11.5 Å². The number of piperidine rings is 1. The molecule has 1 aliphatic heterocycles. The summed E-state index contributed by atoms with van der Waals surface area (Å²) in [6.07, 6.45) is 2.19. The third-order valence-electron chi connectivity index (χ3n) is 2.69. The summed E-state index contributed by atoms with van der Waals surface area (Å²) in [4.78, 5) is 11.3. The van der Waals surface area contributed by atoms with Gasteiger partial charge in [-0.3, -0.25) is 0 Å². The van der Waals surface area contributed by atoms with Crippen molar-refractivity contribution in [1.82, 2.24) is 5.32 Å². The van der Waals surface area contributed by atoms with Gasteiger partial charge in [-0.2, -0.15) is 0 Å². The van der Waals surface area contributed by atoms with Crippen LogP contribution in [0.25, 0.3) is 0 Å². The Bertz CT molecular complexity index is 219. The second kappa shape index (κ2) is 5.15. The molecule has 0 spiro atoms. The van der Waals surface area contributed by atoms with E-state index in [4.69, 9.17) is 4.74 Å². The van der Waals surface area contributed by atoms with Gasteiger partial charge in [-0.25, -0.2) is 4.79 Å². The molecule has 3 nitrogen and oxygen atoms in total. The van der Waals surface area contributed by atoms with E-state index in [-0.39, 0.29) is 12.1 Å². The zero-order valence-electron chi connectivity index (χ0n) is 9.01. The number of nitrogens with one attached hydrogen (secondary N) is 1. The zero-order valence-corrected chi connectivity index (χ0v) is 9.01. The van der Waals surface area contributed by atoms with Gasteiger partial charge < -0.3 is 10.1 Å². The van der Waals surface area contributed by atoms with E-state index < -0.39 is 0 Å². The number of hydrogen-bond donors (Lipinski definition) is 1. The van der Waals surface area contributed by atoms with Crippen LogP contribution in [0, 0.1) is 5.92 Å². The highest BCUT2D eigenvalue weighted by Gasteiger charge is 2.22. The second-order valence-electron chi connectivity index (χ2n) is 3.98. The smallest absolute Gasteiger partial charge is 0.333 e. The Labute approximate surface area is 85.5 Å². The Hall–Kier alpha value is -0.830. The van der Waals surface area contributed by atoms with Crippen LogP contribution in [0.1, 0.15) is 26.7 Å². The van der Waals surface area contributed by atoms with Crippen LogP contribution < -0.4 is 5.32 Å². The largest absolute Gasteiger partial charge is 0.459 e. The molecule has 0 aromatic heterocycles. The summed E-state index contributed by atoms with van der Waals surface area (Å²) >= 11 is 0. The molecule has 0 radical (unpaired) electrons. The minimum atomic E-state index is -0.268. The quantitative estimate of drug-likeness (QED) is 0.550. The second-order valence-corrected chi connectivity index (χ2v) is 3.98. The fourth-order valence-electron chi connectivity index (χ4n) is 1.68. The van der Waals surface area contributed by atoms with Crippen LogP contribution in [-0.4, -0.2) is 25.2 Å². The van der Waals surface area contributed by atoms with Crippen molar-refractivity contribution in [2.75, 3.05) is 13.1 Å². The third-order valence-corrected chi connectivity index (χ3v) is 2.69. The van der Waals surface area contributed by atoms with Crippen molar-refractivity contribution < 1.29 is 9.53 Å². The van der Waals surface area contributed by atoms with Crippen molar-refractivity contribution >= 4 is 5.97 Å². The highest BCUT2D eigenvalue weighted by Crippen LogP contribution is 2.19. The number of carbonyl (C=O) groups is 1. The van der Waals surface area contributed by atoms with Crippen LogP contribution in [0.5, 0.6) is 0 Å². The Kier molecular flexibility index (Phi) is 4.14. The van der Waals surface area contributed by atoms with Gasteiger partial charge in [-0.15, -0.1) is 0 Å². The summed E-state index contributed by atoms with van der Waals surface area (Å²) in [6, 6.07) is 0. The fraction of sp³-hybridized carbons (Fsp3) is 0.727. The maximum absolute atomic E-state index is 11.3. The first-order valence-corrected chi connectivity index (χ1v) is 5.18. The number of carbonyl (C=O) groups excluding carboxylic acids is 1. The van der Waals surface area contributed by atoms with Crippen LogP contribution in [0.2, 0.25) is 0 Å². The highest BCUT2D eigenvalue weighted by atomic mass is 16.5. The molecule has 1 unspecified atom stereocenters. The molecule has 1 fully saturated rings. The molecular formula is C11H19NO2. The molecule has 1 rings (SSSR count). The minimum absolute atomic E-state index is 0.0151. The van der Waals surface area contributed by atoms with Crippen LogP contribution >= 0.6 is 0 Å². The topological polar surface area (TPSA) is 38.3 Å². The Morgan fingerprint density at radius 3 is 2.57 bits per heavy atom. The van der Waals surface area contributed by atoms with Crippen molar-refractivity contribution in [2.45, 2.75) is 32.8 Å². The third kappa shape index (κ3) is 3.14. The Balaban J connectivity index is 2.36. The van der Waals surface area contributed by atoms with Crippen LogP contribution in [0.3, 0.4) is 0 Å². The molecule has 0 aliphatic carbocycles. The summed E-state index contributed by atoms with van der Waals surface area (Å²) < 4.78 is 5.28. The summed E-state index contributed by atoms with van der Waals surface area (Å²) in [5, 5.41) is 3.29. The fourth-order valence-corrected chi connectivity index (χ4v) is 1.68. The summed E-state index contributed by atoms with van der Waals surface area (Å²) in [5.74, 6) is 0.232. The van der Waals surface area contributed by atoms with Crippen LogP contribution in [0.15, 0.2) is 12.2 Å². The number of ether oxygens (including phenoxy) is 1. The first kappa shape index (κ1) is 11.2. The van der Waals surface area contributed by atoms with Crippen molar-refractivity contribution in [2.24, 2.45) is 5.92 Å². The van der Waals surface area contributed by atoms with Gasteiger partial charge in [0.25, 0.3) is 0 Å². The lowest BCUT2D eigenvalue weighted by Gasteiger charge is -2.27. The van der Waals surface area contributed by atoms with Crippen LogP contribution in [-0.2, 0) is 9.53 Å². The molecule has 0 aromatic rings. The summed E-state index contributed by atoms with van der Waals surface area (Å²) in [6.45, 7) is 9.27. The van der Waals surface area contributed by atoms with Crippen molar-refractivity contribution in [3.63, 3.8) is 0 Å². The van der Waals surface area contributed by atoms with E-state index in [1.807, 2.05) is 6.92 Å². The normalized spacial score (nSPS) is 20.1. The number of esters is 1. The van der Waals surface area contributed by atoms with Gasteiger partial charge in [-0.05, 0) is 45.7 Å². The average molecular weight is 197 g/mol. The molecule has 3 heteroatoms. The maximum Gasteiger partial charge on any atom is 0.333 e. The predicted octanol–water partition coefficient (Wildman–Crippen LogP) is 1.49. The monoisotopic (exact) mass is 197 g/mol. The van der Waals surface area contributed by atoms with E-state index >= 15 is 0 Å². The van der Waals surface area contributed by atoms with Gasteiger partial charge in [0.15, 0.2) is 0 Å². The lowest BCUT2D eigenvalue weighted by molar-refractivity contribution is -0.146. The predicted molar refractivity (Wildman–Crippen MR) is 56.0 cm³/mol. The molecule has 0 amide bonds. The first-order chi connectivity index (χ1) is 6.61. The van der Waals surface area contributed by atoms with E-state index in [0.717, 1.165) is 25.9 Å². The van der Waals surface area contributed by atoms with E-state index in [1.165, 1.54) is 0 Å². The van der Waals surface area contributed by atoms with Gasteiger partial charge in [0.05, 0.1) is 0 Å². The summed E-state index contributed by atoms with van der Waals surface area (Å²) in [7, 11) is 0. The molecule has 1 heterocycles.